The fourth-order valence-corrected chi connectivity index (χ4v) is 6.58. The Morgan fingerprint density at radius 2 is 1.58 bits per heavy atom. The predicted octanol–water partition coefficient (Wildman–Crippen LogP) is 7.72. The molecule has 1 aromatic heterocycles. The van der Waals surface area contributed by atoms with Gasteiger partial charge in [-0.05, 0) is 78.5 Å². The number of carbonyl (C=O) groups excluding carboxylic acids is 1. The minimum atomic E-state index is -5.19. The number of rotatable bonds is 12. The van der Waals surface area contributed by atoms with E-state index in [0.29, 0.717) is 47.8 Å². The van der Waals surface area contributed by atoms with Crippen molar-refractivity contribution in [3.63, 3.8) is 0 Å². The highest BCUT2D eigenvalue weighted by Crippen LogP contribution is 2.40. The van der Waals surface area contributed by atoms with E-state index in [2.05, 4.69) is 5.32 Å². The van der Waals surface area contributed by atoms with Gasteiger partial charge in [0, 0.05) is 37.5 Å². The molecule has 272 valence electrons. The van der Waals surface area contributed by atoms with Gasteiger partial charge >= 0.3 is 18.3 Å². The molecule has 1 saturated heterocycles. The van der Waals surface area contributed by atoms with Gasteiger partial charge < -0.3 is 19.9 Å². The summed E-state index contributed by atoms with van der Waals surface area (Å²) in [5.74, 6) is -4.36. The molecule has 0 aliphatic carbocycles. The minimum Gasteiger partial charge on any atom is -0.481 e. The molecule has 3 aromatic rings. The Kier molecular flexibility index (Phi) is 11.5. The second-order valence-corrected chi connectivity index (χ2v) is 13.6. The molecule has 1 amide bonds. The molecule has 2 unspecified atom stereocenters. The van der Waals surface area contributed by atoms with E-state index in [0.717, 1.165) is 16.8 Å². The van der Waals surface area contributed by atoms with Crippen LogP contribution in [0.1, 0.15) is 79.1 Å². The number of aromatic nitrogens is 1. The highest BCUT2D eigenvalue weighted by molar-refractivity contribution is 5.82. The molecule has 0 spiro atoms. The molecule has 0 saturated carbocycles. The number of likely N-dealkylation sites (tertiary alicyclic amines) is 1. The first-order valence-corrected chi connectivity index (χ1v) is 16.2. The Bertz CT molecular complexity index is 1770. The number of aliphatic carboxylic acids is 1. The highest BCUT2D eigenvalue weighted by Gasteiger charge is 2.39. The van der Waals surface area contributed by atoms with Crippen LogP contribution in [0, 0.1) is 31.5 Å². The summed E-state index contributed by atoms with van der Waals surface area (Å²) in [4.78, 5) is 41.1. The SMILES string of the molecule is Cc1cccc(C)c1-c1cc(C(CC(=O)O)NC(=O)C(CC(C)C)n2cc(CCN3CC(C)C3)c(C(F)(F)F)cc2=O)c(F)c(C(F)(F)F)c1. The Morgan fingerprint density at radius 1 is 0.980 bits per heavy atom. The molecule has 1 aliphatic heterocycles. The monoisotopic (exact) mass is 711 g/mol. The van der Waals surface area contributed by atoms with Crippen LogP contribution >= 0.6 is 0 Å². The Balaban J connectivity index is 1.82. The van der Waals surface area contributed by atoms with Crippen molar-refractivity contribution in [1.29, 1.82) is 0 Å². The summed E-state index contributed by atoms with van der Waals surface area (Å²) < 4.78 is 101. The molecule has 7 nitrogen and oxygen atoms in total. The molecular weight excluding hydrogens is 671 g/mol. The van der Waals surface area contributed by atoms with Gasteiger partial charge in [0.25, 0.3) is 5.56 Å². The Morgan fingerprint density at radius 3 is 2.10 bits per heavy atom. The summed E-state index contributed by atoms with van der Waals surface area (Å²) >= 11 is 0. The number of carbonyl (C=O) groups is 2. The number of hydrogen-bond acceptors (Lipinski definition) is 4. The van der Waals surface area contributed by atoms with Gasteiger partial charge in [0.2, 0.25) is 5.91 Å². The number of carboxylic acid groups (broad SMARTS) is 1. The largest absolute Gasteiger partial charge is 0.481 e. The van der Waals surface area contributed by atoms with Crippen molar-refractivity contribution in [2.24, 2.45) is 11.8 Å². The van der Waals surface area contributed by atoms with Crippen LogP contribution < -0.4 is 10.9 Å². The maximum absolute atomic E-state index is 15.8. The average molecular weight is 712 g/mol. The number of aryl methyl sites for hydroxylation is 2. The lowest BCUT2D eigenvalue weighted by molar-refractivity contribution is -0.140. The maximum atomic E-state index is 15.8. The van der Waals surface area contributed by atoms with E-state index >= 15 is 4.39 Å². The predicted molar refractivity (Wildman–Crippen MR) is 173 cm³/mol. The summed E-state index contributed by atoms with van der Waals surface area (Å²) in [5, 5.41) is 12.1. The first kappa shape index (κ1) is 38.6. The Hall–Kier alpha value is -4.20. The van der Waals surface area contributed by atoms with Crippen molar-refractivity contribution in [3.8, 4) is 11.1 Å². The number of hydrogen-bond donors (Lipinski definition) is 2. The third kappa shape index (κ3) is 8.93. The van der Waals surface area contributed by atoms with Crippen LogP contribution in [0.4, 0.5) is 30.7 Å². The topological polar surface area (TPSA) is 91.6 Å². The number of amides is 1. The molecule has 0 bridgehead atoms. The van der Waals surface area contributed by atoms with E-state index in [1.807, 2.05) is 11.8 Å². The number of nitrogens with zero attached hydrogens (tertiary/aromatic N) is 2. The number of alkyl halides is 6. The zero-order chi connectivity index (χ0) is 37.3. The first-order valence-electron chi connectivity index (χ1n) is 16.2. The lowest BCUT2D eigenvalue weighted by Crippen LogP contribution is -2.46. The molecule has 50 heavy (non-hydrogen) atoms. The second kappa shape index (κ2) is 15.0. The summed E-state index contributed by atoms with van der Waals surface area (Å²) in [6, 6.07) is 3.72. The van der Waals surface area contributed by atoms with Gasteiger partial charge in [0.1, 0.15) is 11.9 Å². The average Bonchev–Trinajstić information content (AvgIpc) is 2.96. The van der Waals surface area contributed by atoms with Gasteiger partial charge in [0.15, 0.2) is 0 Å². The zero-order valence-corrected chi connectivity index (χ0v) is 28.3. The standard InChI is InChI=1S/C36H40F7N3O4/c1-19(2)11-29(46-18-23(9-10-45-16-20(3)17-45)26(14-30(46)47)35(38,39)40)34(50)44-28(15-31(48)49)25-12-24(13-27(33(25)37)36(41,42)43)32-21(4)7-6-8-22(32)5/h6-8,12-14,18-20,28-29H,9-11,15-17H2,1-5H3,(H,44,50)(H,48,49). The van der Waals surface area contributed by atoms with Crippen molar-refractivity contribution in [1.82, 2.24) is 14.8 Å². The lowest BCUT2D eigenvalue weighted by Gasteiger charge is -2.37. The summed E-state index contributed by atoms with van der Waals surface area (Å²) in [7, 11) is 0. The van der Waals surface area contributed by atoms with Crippen molar-refractivity contribution in [3.05, 3.63) is 92.1 Å². The Labute approximate surface area is 285 Å². The zero-order valence-electron chi connectivity index (χ0n) is 28.3. The summed E-state index contributed by atoms with van der Waals surface area (Å²) in [6.45, 7) is 10.3. The summed E-state index contributed by atoms with van der Waals surface area (Å²) in [6.07, 6.45) is -10.3. The van der Waals surface area contributed by atoms with Crippen LogP contribution in [0.5, 0.6) is 0 Å². The van der Waals surface area contributed by atoms with Crippen LogP contribution in [0.25, 0.3) is 11.1 Å². The fourth-order valence-electron chi connectivity index (χ4n) is 6.58. The normalized spacial score (nSPS) is 15.5. The number of halogens is 7. The van der Waals surface area contributed by atoms with E-state index in [9.17, 15) is 45.8 Å². The molecule has 0 radical (unpaired) electrons. The number of benzene rings is 2. The van der Waals surface area contributed by atoms with Gasteiger partial charge in [0.05, 0.1) is 23.6 Å². The van der Waals surface area contributed by atoms with Gasteiger partial charge in [-0.3, -0.25) is 14.4 Å². The van der Waals surface area contributed by atoms with Crippen molar-refractivity contribution < 1.29 is 45.4 Å². The van der Waals surface area contributed by atoms with Gasteiger partial charge in [-0.2, -0.15) is 26.3 Å². The van der Waals surface area contributed by atoms with Crippen LogP contribution in [-0.2, 0) is 28.4 Å². The second-order valence-electron chi connectivity index (χ2n) is 13.6. The summed E-state index contributed by atoms with van der Waals surface area (Å²) in [5.41, 5.74) is -3.54. The maximum Gasteiger partial charge on any atom is 0.419 e. The molecule has 2 N–H and O–H groups in total. The van der Waals surface area contributed by atoms with E-state index in [1.165, 1.54) is 0 Å². The molecule has 4 rings (SSSR count). The van der Waals surface area contributed by atoms with Gasteiger partial charge in [-0.25, -0.2) is 4.39 Å². The molecular formula is C36H40F7N3O4. The first-order chi connectivity index (χ1) is 23.2. The number of carboxylic acids is 1. The molecule has 2 heterocycles. The smallest absolute Gasteiger partial charge is 0.419 e. The van der Waals surface area contributed by atoms with Crippen molar-refractivity contribution in [2.75, 3.05) is 19.6 Å². The van der Waals surface area contributed by atoms with Gasteiger partial charge in [-0.1, -0.05) is 39.0 Å². The van der Waals surface area contributed by atoms with Crippen LogP contribution in [0.3, 0.4) is 0 Å². The molecule has 2 atom stereocenters. The minimum absolute atomic E-state index is 0.0621. The fraction of sp³-hybridized carbons (Fsp3) is 0.472. The van der Waals surface area contributed by atoms with E-state index in [4.69, 9.17) is 0 Å². The van der Waals surface area contributed by atoms with Crippen LogP contribution in [0.15, 0.2) is 47.4 Å². The highest BCUT2D eigenvalue weighted by atomic mass is 19.4. The molecule has 1 fully saturated rings. The van der Waals surface area contributed by atoms with E-state index in [-0.39, 0.29) is 36.4 Å². The van der Waals surface area contributed by atoms with Crippen LogP contribution in [0.2, 0.25) is 0 Å². The van der Waals surface area contributed by atoms with Crippen molar-refractivity contribution >= 4 is 11.9 Å². The third-order valence-corrected chi connectivity index (χ3v) is 8.89. The van der Waals surface area contributed by atoms with E-state index < -0.39 is 70.8 Å². The quantitative estimate of drug-likeness (QED) is 0.188. The molecule has 14 heteroatoms. The van der Waals surface area contributed by atoms with Crippen LogP contribution in [-0.4, -0.2) is 46.1 Å². The van der Waals surface area contributed by atoms with Crippen molar-refractivity contribution in [2.45, 2.75) is 78.3 Å². The third-order valence-electron chi connectivity index (χ3n) is 8.89. The number of pyridine rings is 1. The van der Waals surface area contributed by atoms with E-state index in [1.54, 1.807) is 45.9 Å². The molecule has 2 aromatic carbocycles. The number of nitrogens with one attached hydrogen (secondary N) is 1. The lowest BCUT2D eigenvalue weighted by atomic mass is 9.90. The van der Waals surface area contributed by atoms with Gasteiger partial charge in [-0.15, -0.1) is 0 Å². The molecule has 1 aliphatic rings.